The molecule has 1 aliphatic rings. The van der Waals surface area contributed by atoms with Crippen LogP contribution in [0.3, 0.4) is 0 Å². The van der Waals surface area contributed by atoms with E-state index in [1.807, 2.05) is 0 Å². The molecule has 0 spiro atoms. The molecule has 0 unspecified atom stereocenters. The lowest BCUT2D eigenvalue weighted by Crippen LogP contribution is -2.26. The number of nitro groups is 1. The largest absolute Gasteiger partial charge is 0.493 e. The number of hydrazone groups is 1. The third kappa shape index (κ3) is 5.28. The molecule has 0 aliphatic carbocycles. The van der Waals surface area contributed by atoms with Crippen LogP contribution in [0.15, 0.2) is 71.8 Å². The molecular weight excluding hydrogens is 496 g/mol. The number of carbonyl (C=O) groups excluding carboxylic acids is 3. The van der Waals surface area contributed by atoms with Crippen LogP contribution in [-0.2, 0) is 14.3 Å². The Hall–Kier alpha value is -5.26. The van der Waals surface area contributed by atoms with Gasteiger partial charge in [-0.25, -0.2) is 0 Å². The second-order valence-electron chi connectivity index (χ2n) is 8.01. The zero-order chi connectivity index (χ0) is 27.4. The molecule has 194 valence electrons. The van der Waals surface area contributed by atoms with Gasteiger partial charge in [-0.3, -0.25) is 24.5 Å². The fraction of sp³-hybridized carbons (Fsp3) is 0.154. The number of ether oxygens (including phenoxy) is 3. The van der Waals surface area contributed by atoms with Crippen molar-refractivity contribution in [2.75, 3.05) is 12.4 Å². The number of non-ortho nitro benzene ring substituents is 1. The van der Waals surface area contributed by atoms with E-state index in [2.05, 4.69) is 10.4 Å². The molecule has 0 aromatic heterocycles. The van der Waals surface area contributed by atoms with Crippen LogP contribution in [0.1, 0.15) is 41.6 Å². The summed E-state index contributed by atoms with van der Waals surface area (Å²) in [5, 5.41) is 19.1. The Morgan fingerprint density at radius 3 is 2.37 bits per heavy atom. The number of nitro benzene ring substituents is 1. The van der Waals surface area contributed by atoms with Gasteiger partial charge in [0.15, 0.2) is 11.5 Å². The molecule has 1 aliphatic heterocycles. The number of hydrogen-bond donors (Lipinski definition) is 1. The summed E-state index contributed by atoms with van der Waals surface area (Å²) in [7, 11) is 1.41. The van der Waals surface area contributed by atoms with Gasteiger partial charge in [-0.2, -0.15) is 5.01 Å². The maximum absolute atomic E-state index is 12.9. The summed E-state index contributed by atoms with van der Waals surface area (Å²) in [6, 6.07) is 16.6. The highest BCUT2D eigenvalue weighted by atomic mass is 16.6. The highest BCUT2D eigenvalue weighted by molar-refractivity contribution is 6.09. The average Bonchev–Trinajstić information content (AvgIpc) is 3.34. The van der Waals surface area contributed by atoms with E-state index >= 15 is 0 Å². The van der Waals surface area contributed by atoms with Gasteiger partial charge in [0.25, 0.3) is 11.6 Å². The summed E-state index contributed by atoms with van der Waals surface area (Å²) in [6.07, 6.45) is -1.09. The first-order valence-corrected chi connectivity index (χ1v) is 11.2. The summed E-state index contributed by atoms with van der Waals surface area (Å²) in [6.45, 7) is 2.54. The van der Waals surface area contributed by atoms with Crippen LogP contribution in [-0.4, -0.2) is 40.7 Å². The number of methoxy groups -OCH3 is 1. The van der Waals surface area contributed by atoms with E-state index in [-0.39, 0.29) is 28.6 Å². The summed E-state index contributed by atoms with van der Waals surface area (Å²) in [4.78, 5) is 47.5. The van der Waals surface area contributed by atoms with E-state index in [1.165, 1.54) is 45.2 Å². The lowest BCUT2D eigenvalue weighted by Gasteiger charge is -2.22. The van der Waals surface area contributed by atoms with Crippen LogP contribution in [0.25, 0.3) is 0 Å². The Bertz CT molecular complexity index is 1450. The average molecular weight is 518 g/mol. The number of rotatable bonds is 7. The molecule has 0 fully saturated rings. The van der Waals surface area contributed by atoms with Gasteiger partial charge in [-0.1, -0.05) is 18.2 Å². The highest BCUT2D eigenvalue weighted by Gasteiger charge is 2.37. The normalized spacial score (nSPS) is 14.2. The quantitative estimate of drug-likeness (QED) is 0.213. The second kappa shape index (κ2) is 10.8. The van der Waals surface area contributed by atoms with Crippen LogP contribution in [0.5, 0.6) is 11.5 Å². The smallest absolute Gasteiger partial charge is 0.308 e. The van der Waals surface area contributed by atoms with Crippen molar-refractivity contribution >= 4 is 35.1 Å². The first-order chi connectivity index (χ1) is 18.2. The first kappa shape index (κ1) is 25.8. The van der Waals surface area contributed by atoms with Gasteiger partial charge in [-0.15, -0.1) is 5.10 Å². The third-order valence-corrected chi connectivity index (χ3v) is 5.45. The fourth-order valence-corrected chi connectivity index (χ4v) is 3.73. The van der Waals surface area contributed by atoms with E-state index < -0.39 is 28.9 Å². The van der Waals surface area contributed by atoms with Gasteiger partial charge in [-0.05, 0) is 36.4 Å². The number of anilines is 1. The van der Waals surface area contributed by atoms with E-state index in [4.69, 9.17) is 14.2 Å². The topological polar surface area (TPSA) is 150 Å². The minimum Gasteiger partial charge on any atom is -0.493 e. The van der Waals surface area contributed by atoms with E-state index in [0.717, 1.165) is 5.01 Å². The lowest BCUT2D eigenvalue weighted by atomic mass is 10.1. The zero-order valence-corrected chi connectivity index (χ0v) is 20.5. The Kier molecular flexibility index (Phi) is 7.33. The van der Waals surface area contributed by atoms with Gasteiger partial charge in [0.2, 0.25) is 18.0 Å². The minimum absolute atomic E-state index is 0.0291. The molecular formula is C26H22N4O8. The summed E-state index contributed by atoms with van der Waals surface area (Å²) in [5.41, 5.74) is 1.07. The molecule has 12 nitrogen and oxygen atoms in total. The van der Waals surface area contributed by atoms with Crippen LogP contribution >= 0.6 is 0 Å². The molecule has 1 N–H and O–H groups in total. The molecule has 0 saturated carbocycles. The van der Waals surface area contributed by atoms with Crippen molar-refractivity contribution in [1.82, 2.24) is 5.01 Å². The number of benzene rings is 3. The van der Waals surface area contributed by atoms with Crippen LogP contribution in [0, 0.1) is 10.1 Å². The van der Waals surface area contributed by atoms with Gasteiger partial charge in [0.05, 0.1) is 28.8 Å². The van der Waals surface area contributed by atoms with Crippen molar-refractivity contribution in [3.8, 4) is 11.5 Å². The van der Waals surface area contributed by atoms with Crippen LogP contribution in [0.4, 0.5) is 11.4 Å². The minimum atomic E-state index is -1.09. The molecule has 1 heterocycles. The van der Waals surface area contributed by atoms with Crippen molar-refractivity contribution in [2.45, 2.75) is 20.1 Å². The standard InChI is InChI=1S/C26H22N4O8/c1-15(31)29-26(20-8-6-10-22(36-3)23(20)37-16(2)32)38-25(28-29)19-7-4-5-9-21(19)27-24(33)17-11-13-18(14-12-17)30(34)35/h4-14,26H,1-3H3,(H,27,33)/t26-/m1/s1. The van der Waals surface area contributed by atoms with Crippen molar-refractivity contribution in [3.05, 3.63) is 93.5 Å². The Balaban J connectivity index is 1.66. The molecule has 3 aromatic rings. The fourth-order valence-electron chi connectivity index (χ4n) is 3.73. The van der Waals surface area contributed by atoms with Crippen molar-refractivity contribution < 1.29 is 33.5 Å². The molecule has 0 saturated heterocycles. The monoisotopic (exact) mass is 518 g/mol. The van der Waals surface area contributed by atoms with Crippen molar-refractivity contribution in [1.29, 1.82) is 0 Å². The van der Waals surface area contributed by atoms with Crippen molar-refractivity contribution in [3.63, 3.8) is 0 Å². The number of hydrogen-bond acceptors (Lipinski definition) is 9. The molecule has 1 atom stereocenters. The van der Waals surface area contributed by atoms with Gasteiger partial charge in [0, 0.05) is 31.5 Å². The number of carbonyl (C=O) groups is 3. The molecule has 3 aromatic carbocycles. The summed E-state index contributed by atoms with van der Waals surface area (Å²) < 4.78 is 16.8. The lowest BCUT2D eigenvalue weighted by molar-refractivity contribution is -0.384. The SMILES string of the molecule is COc1cccc([C@H]2OC(c3ccccc3NC(=O)c3ccc([N+](=O)[O-])cc3)=NN2C(C)=O)c1OC(C)=O. The summed E-state index contributed by atoms with van der Waals surface area (Å²) >= 11 is 0. The number of para-hydroxylation sites is 2. The first-order valence-electron chi connectivity index (χ1n) is 11.2. The Morgan fingerprint density at radius 1 is 1.03 bits per heavy atom. The molecule has 12 heteroatoms. The van der Waals surface area contributed by atoms with Crippen LogP contribution < -0.4 is 14.8 Å². The molecule has 2 amide bonds. The van der Waals surface area contributed by atoms with Crippen molar-refractivity contribution in [2.24, 2.45) is 5.10 Å². The van der Waals surface area contributed by atoms with E-state index in [1.54, 1.807) is 42.5 Å². The molecule has 38 heavy (non-hydrogen) atoms. The van der Waals surface area contributed by atoms with E-state index in [9.17, 15) is 24.5 Å². The highest BCUT2D eigenvalue weighted by Crippen LogP contribution is 2.41. The zero-order valence-electron chi connectivity index (χ0n) is 20.5. The van der Waals surface area contributed by atoms with Crippen LogP contribution in [0.2, 0.25) is 0 Å². The number of amides is 2. The maximum Gasteiger partial charge on any atom is 0.308 e. The number of nitrogens with one attached hydrogen (secondary N) is 1. The third-order valence-electron chi connectivity index (χ3n) is 5.45. The van der Waals surface area contributed by atoms with Gasteiger partial charge < -0.3 is 19.5 Å². The summed E-state index contributed by atoms with van der Waals surface area (Å²) in [5.74, 6) is -1.20. The number of nitrogens with zero attached hydrogens (tertiary/aromatic N) is 3. The Morgan fingerprint density at radius 2 is 1.74 bits per heavy atom. The number of esters is 1. The predicted octanol–water partition coefficient (Wildman–Crippen LogP) is 4.02. The predicted molar refractivity (Wildman–Crippen MR) is 135 cm³/mol. The van der Waals surface area contributed by atoms with Gasteiger partial charge >= 0.3 is 5.97 Å². The second-order valence-corrected chi connectivity index (χ2v) is 8.01. The molecule has 0 bridgehead atoms. The van der Waals surface area contributed by atoms with E-state index in [0.29, 0.717) is 16.8 Å². The maximum atomic E-state index is 12.9. The molecule has 4 rings (SSSR count). The Labute approximate surface area is 216 Å². The van der Waals surface area contributed by atoms with Gasteiger partial charge in [0.1, 0.15) is 0 Å². The molecule has 0 radical (unpaired) electrons.